The molecule has 0 fully saturated rings. The number of nitriles is 1. The van der Waals surface area contributed by atoms with E-state index >= 15 is 0 Å². The maximum absolute atomic E-state index is 8.52. The third-order valence-corrected chi connectivity index (χ3v) is 6.94. The van der Waals surface area contributed by atoms with Crippen LogP contribution < -0.4 is 0 Å². The summed E-state index contributed by atoms with van der Waals surface area (Å²) in [6.07, 6.45) is 16.9. The SMILES string of the molecule is C=P(CCCC)(CCCC)CCCCC#N. The van der Waals surface area contributed by atoms with Gasteiger partial charge in [-0.3, -0.25) is 0 Å². The Bertz CT molecular complexity index is 228. The lowest BCUT2D eigenvalue weighted by atomic mass is 10.3. The number of rotatable bonds is 10. The monoisotopic (exact) mass is 241 g/mol. The van der Waals surface area contributed by atoms with Gasteiger partial charge in [-0.1, -0.05) is 26.7 Å². The molecule has 2 heteroatoms. The van der Waals surface area contributed by atoms with Crippen LogP contribution in [0.25, 0.3) is 0 Å². The first-order valence-corrected chi connectivity index (χ1v) is 9.29. The van der Waals surface area contributed by atoms with E-state index in [1.807, 2.05) is 0 Å². The molecular formula is C14H28NP. The molecule has 0 saturated carbocycles. The van der Waals surface area contributed by atoms with Crippen molar-refractivity contribution < 1.29 is 0 Å². The fourth-order valence-corrected chi connectivity index (χ4v) is 5.51. The van der Waals surface area contributed by atoms with Crippen LogP contribution in [0.4, 0.5) is 0 Å². The number of unbranched alkanes of at least 4 members (excludes halogenated alkanes) is 4. The smallest absolute Gasteiger partial charge is 0.0621 e. The summed E-state index contributed by atoms with van der Waals surface area (Å²) in [5.74, 6) is 0. The zero-order chi connectivity index (χ0) is 12.3. The summed E-state index contributed by atoms with van der Waals surface area (Å²) in [7, 11) is 0. The van der Waals surface area contributed by atoms with E-state index in [9.17, 15) is 0 Å². The van der Waals surface area contributed by atoms with Crippen LogP contribution in [-0.2, 0) is 0 Å². The molecule has 0 aromatic heterocycles. The average Bonchev–Trinajstić information content (AvgIpc) is 2.30. The van der Waals surface area contributed by atoms with Gasteiger partial charge in [-0.15, -0.1) is 13.2 Å². The molecule has 1 nitrogen and oxygen atoms in total. The van der Waals surface area contributed by atoms with Crippen LogP contribution in [-0.4, -0.2) is 24.8 Å². The summed E-state index contributed by atoms with van der Waals surface area (Å²) in [5, 5.41) is 8.52. The second-order valence-electron chi connectivity index (χ2n) is 4.83. The van der Waals surface area contributed by atoms with Crippen LogP contribution in [0.5, 0.6) is 0 Å². The van der Waals surface area contributed by atoms with Crippen molar-refractivity contribution in [1.82, 2.24) is 0 Å². The highest BCUT2D eigenvalue weighted by Gasteiger charge is 2.12. The topological polar surface area (TPSA) is 23.8 Å². The zero-order valence-corrected chi connectivity index (χ0v) is 12.1. The van der Waals surface area contributed by atoms with E-state index in [0.717, 1.165) is 12.8 Å². The molecule has 0 aliphatic carbocycles. The third kappa shape index (κ3) is 8.00. The second-order valence-corrected chi connectivity index (χ2v) is 8.86. The molecule has 0 saturated heterocycles. The fourth-order valence-electron chi connectivity index (χ4n) is 1.97. The van der Waals surface area contributed by atoms with Crippen LogP contribution in [0, 0.1) is 11.3 Å². The number of nitrogens with zero attached hydrogens (tertiary/aromatic N) is 1. The fraction of sp³-hybridized carbons (Fsp3) is 0.857. The van der Waals surface area contributed by atoms with E-state index in [-0.39, 0.29) is 0 Å². The van der Waals surface area contributed by atoms with Gasteiger partial charge >= 0.3 is 0 Å². The van der Waals surface area contributed by atoms with E-state index in [4.69, 9.17) is 5.26 Å². The van der Waals surface area contributed by atoms with Crippen LogP contribution in [0.15, 0.2) is 0 Å². The Kier molecular flexibility index (Phi) is 9.85. The lowest BCUT2D eigenvalue weighted by molar-refractivity contribution is 0.812. The predicted octanol–water partition coefficient (Wildman–Crippen LogP) is 4.73. The lowest BCUT2D eigenvalue weighted by Crippen LogP contribution is -2.01. The van der Waals surface area contributed by atoms with E-state index in [1.165, 1.54) is 50.6 Å². The van der Waals surface area contributed by atoms with Crippen molar-refractivity contribution in [1.29, 1.82) is 5.26 Å². The third-order valence-electron chi connectivity index (χ3n) is 3.14. The van der Waals surface area contributed by atoms with Gasteiger partial charge in [-0.05, 0) is 44.2 Å². The van der Waals surface area contributed by atoms with E-state index in [2.05, 4.69) is 26.2 Å². The van der Waals surface area contributed by atoms with Crippen molar-refractivity contribution >= 4 is 13.2 Å². The molecule has 0 atom stereocenters. The first-order valence-electron chi connectivity index (χ1n) is 6.76. The molecule has 0 rings (SSSR count). The van der Waals surface area contributed by atoms with Crippen molar-refractivity contribution in [3.63, 3.8) is 0 Å². The summed E-state index contributed by atoms with van der Waals surface area (Å²) in [6, 6.07) is 2.23. The Morgan fingerprint density at radius 2 is 1.44 bits per heavy atom. The molecule has 0 spiro atoms. The van der Waals surface area contributed by atoms with Gasteiger partial charge in [-0.25, -0.2) is 0 Å². The van der Waals surface area contributed by atoms with Gasteiger partial charge in [0.2, 0.25) is 0 Å². The molecule has 0 aliphatic heterocycles. The molecule has 0 bridgehead atoms. The van der Waals surface area contributed by atoms with Gasteiger partial charge < -0.3 is 0 Å². The Morgan fingerprint density at radius 1 is 0.938 bits per heavy atom. The van der Waals surface area contributed by atoms with E-state index in [0.29, 0.717) is 0 Å². The molecule has 0 aliphatic rings. The molecule has 0 unspecified atom stereocenters. The van der Waals surface area contributed by atoms with E-state index in [1.54, 1.807) is 0 Å². The molecule has 0 amide bonds. The maximum Gasteiger partial charge on any atom is 0.0621 e. The van der Waals surface area contributed by atoms with Gasteiger partial charge in [-0.2, -0.15) is 5.26 Å². The molecule has 16 heavy (non-hydrogen) atoms. The minimum Gasteiger partial charge on any atom is -0.198 e. The molecular weight excluding hydrogens is 213 g/mol. The quantitative estimate of drug-likeness (QED) is 0.400. The van der Waals surface area contributed by atoms with Crippen molar-refractivity contribution in [2.45, 2.75) is 58.8 Å². The Morgan fingerprint density at radius 3 is 1.88 bits per heavy atom. The van der Waals surface area contributed by atoms with Gasteiger partial charge in [0.05, 0.1) is 6.07 Å². The van der Waals surface area contributed by atoms with Crippen LogP contribution in [0.1, 0.15) is 58.8 Å². The normalized spacial score (nSPS) is 11.3. The van der Waals surface area contributed by atoms with Gasteiger partial charge in [0.1, 0.15) is 0 Å². The standard InChI is InChI=1S/C14H28NP/c1-4-6-12-16(3,13-7-5-2)14-10-8-9-11-15/h3-10,12-14H2,1-2H3. The highest BCUT2D eigenvalue weighted by molar-refractivity contribution is 7.73. The average molecular weight is 241 g/mol. The van der Waals surface area contributed by atoms with Gasteiger partial charge in [0, 0.05) is 6.42 Å². The molecule has 0 aromatic carbocycles. The number of hydrogen-bond acceptors (Lipinski definition) is 1. The van der Waals surface area contributed by atoms with E-state index < -0.39 is 6.89 Å². The highest BCUT2D eigenvalue weighted by Crippen LogP contribution is 2.47. The van der Waals surface area contributed by atoms with Gasteiger partial charge in [0.25, 0.3) is 0 Å². The van der Waals surface area contributed by atoms with Crippen molar-refractivity contribution in [3.05, 3.63) is 0 Å². The summed E-state index contributed by atoms with van der Waals surface area (Å²) >= 11 is 0. The molecule has 0 aromatic rings. The summed E-state index contributed by atoms with van der Waals surface area (Å²) < 4.78 is 0. The molecule has 94 valence electrons. The Hall–Kier alpha value is -0.210. The number of hydrogen-bond donors (Lipinski definition) is 0. The minimum absolute atomic E-state index is 0.724. The Balaban J connectivity index is 3.98. The molecule has 0 N–H and O–H groups in total. The first kappa shape index (κ1) is 15.8. The summed E-state index contributed by atoms with van der Waals surface area (Å²) in [5.41, 5.74) is 0. The van der Waals surface area contributed by atoms with Gasteiger partial charge in [0.15, 0.2) is 0 Å². The first-order chi connectivity index (χ1) is 7.68. The van der Waals surface area contributed by atoms with Crippen LogP contribution >= 0.6 is 6.89 Å². The van der Waals surface area contributed by atoms with Crippen molar-refractivity contribution in [2.24, 2.45) is 0 Å². The largest absolute Gasteiger partial charge is 0.198 e. The Labute approximate surface area is 102 Å². The molecule has 0 heterocycles. The summed E-state index contributed by atoms with van der Waals surface area (Å²) in [4.78, 5) is 0. The highest BCUT2D eigenvalue weighted by atomic mass is 31.2. The minimum atomic E-state index is -0.902. The zero-order valence-electron chi connectivity index (χ0n) is 11.2. The van der Waals surface area contributed by atoms with Crippen molar-refractivity contribution in [2.75, 3.05) is 18.5 Å². The van der Waals surface area contributed by atoms with Crippen molar-refractivity contribution in [3.8, 4) is 6.07 Å². The predicted molar refractivity (Wildman–Crippen MR) is 77.9 cm³/mol. The lowest BCUT2D eigenvalue weighted by Gasteiger charge is -2.24. The molecule has 0 radical (unpaired) electrons. The second kappa shape index (κ2) is 9.98. The van der Waals surface area contributed by atoms with Crippen LogP contribution in [0.3, 0.4) is 0 Å². The summed E-state index contributed by atoms with van der Waals surface area (Å²) in [6.45, 7) is 3.63. The van der Waals surface area contributed by atoms with Crippen LogP contribution in [0.2, 0.25) is 0 Å². The maximum atomic E-state index is 8.52.